The summed E-state index contributed by atoms with van der Waals surface area (Å²) >= 11 is 19.6. The van der Waals surface area contributed by atoms with E-state index in [9.17, 15) is 4.79 Å². The van der Waals surface area contributed by atoms with Crippen LogP contribution in [0.15, 0.2) is 59.1 Å². The topological polar surface area (TPSA) is 61.6 Å². The van der Waals surface area contributed by atoms with Crippen molar-refractivity contribution in [3.8, 4) is 22.8 Å². The molecule has 1 aromatic heterocycles. The van der Waals surface area contributed by atoms with E-state index in [1.165, 1.54) is 0 Å². The number of aromatic nitrogens is 1. The van der Waals surface area contributed by atoms with Crippen molar-refractivity contribution in [1.29, 1.82) is 0 Å². The number of fused-ring (bicyclic) bond motifs is 1. The maximum absolute atomic E-state index is 11.1. The number of rotatable bonds is 7. The molecule has 0 radical (unpaired) electrons. The quantitative estimate of drug-likeness (QED) is 0.214. The molecule has 2 aliphatic rings. The first-order valence-corrected chi connectivity index (χ1v) is 13.2. The summed E-state index contributed by atoms with van der Waals surface area (Å²) in [7, 11) is 0. The van der Waals surface area contributed by atoms with E-state index >= 15 is 0 Å². The lowest BCUT2D eigenvalue weighted by Gasteiger charge is -2.27. The lowest BCUT2D eigenvalue weighted by molar-refractivity contribution is 0.112. The van der Waals surface area contributed by atoms with Crippen molar-refractivity contribution in [2.24, 2.45) is 0 Å². The van der Waals surface area contributed by atoms with E-state index in [1.54, 1.807) is 30.3 Å². The fourth-order valence-electron chi connectivity index (χ4n) is 4.76. The molecule has 0 saturated heterocycles. The van der Waals surface area contributed by atoms with E-state index in [0.29, 0.717) is 43.6 Å². The molecule has 1 saturated carbocycles. The summed E-state index contributed by atoms with van der Waals surface area (Å²) in [6.45, 7) is 0.244. The maximum Gasteiger partial charge on any atom is 0.150 e. The molecule has 8 heteroatoms. The van der Waals surface area contributed by atoms with Gasteiger partial charge in [-0.25, -0.2) is 0 Å². The van der Waals surface area contributed by atoms with Gasteiger partial charge in [0.25, 0.3) is 0 Å². The van der Waals surface area contributed by atoms with Crippen LogP contribution in [0.5, 0.6) is 11.5 Å². The number of halogens is 3. The molecule has 1 fully saturated rings. The van der Waals surface area contributed by atoms with E-state index in [1.807, 2.05) is 24.3 Å². The molecule has 1 aliphatic carbocycles. The molecule has 1 aliphatic heterocycles. The number of nitrogens with zero attached hydrogens (tertiary/aromatic N) is 1. The van der Waals surface area contributed by atoms with Gasteiger partial charge in [-0.3, -0.25) is 4.79 Å². The third-order valence-corrected chi connectivity index (χ3v) is 7.79. The van der Waals surface area contributed by atoms with Gasteiger partial charge in [-0.2, -0.15) is 0 Å². The molecule has 6 rings (SSSR count). The predicted octanol–water partition coefficient (Wildman–Crippen LogP) is 8.64. The van der Waals surface area contributed by atoms with E-state index < -0.39 is 0 Å². The number of carbonyl (C=O) groups excluding carboxylic acids is 1. The average Bonchev–Trinajstić information content (AvgIpc) is 3.67. The van der Waals surface area contributed by atoms with Crippen LogP contribution in [0.3, 0.4) is 0 Å². The van der Waals surface area contributed by atoms with Crippen molar-refractivity contribution in [3.63, 3.8) is 0 Å². The van der Waals surface area contributed by atoms with Crippen LogP contribution in [0.25, 0.3) is 11.3 Å². The molecule has 188 valence electrons. The fraction of sp³-hybridized carbons (Fsp3) is 0.241. The SMILES string of the molecule is O=Cc1ccc2c(c1)CCC(c1ccc(OCc3c(-c4c(Cl)cccc4Cl)noc3C3CC3)cc1Cl)O2. The first kappa shape index (κ1) is 24.4. The van der Waals surface area contributed by atoms with Gasteiger partial charge in [0, 0.05) is 22.6 Å². The van der Waals surface area contributed by atoms with E-state index in [4.69, 9.17) is 48.8 Å². The minimum atomic E-state index is -0.176. The number of benzene rings is 3. The van der Waals surface area contributed by atoms with Gasteiger partial charge < -0.3 is 14.0 Å². The first-order valence-electron chi connectivity index (χ1n) is 12.1. The first-order chi connectivity index (χ1) is 18.0. The highest BCUT2D eigenvalue weighted by Gasteiger charge is 2.34. The summed E-state index contributed by atoms with van der Waals surface area (Å²) in [5.41, 5.74) is 4.67. The number of hydrogen-bond acceptors (Lipinski definition) is 5. The van der Waals surface area contributed by atoms with Crippen LogP contribution in [-0.2, 0) is 13.0 Å². The zero-order valence-electron chi connectivity index (χ0n) is 19.7. The third-order valence-electron chi connectivity index (χ3n) is 6.83. The van der Waals surface area contributed by atoms with Crippen molar-refractivity contribution in [3.05, 3.63) is 97.7 Å². The second-order valence-corrected chi connectivity index (χ2v) is 10.6. The second kappa shape index (κ2) is 10.1. The number of aryl methyl sites for hydroxylation is 1. The van der Waals surface area contributed by atoms with Gasteiger partial charge in [0.1, 0.15) is 42.0 Å². The van der Waals surface area contributed by atoms with Gasteiger partial charge >= 0.3 is 0 Å². The minimum Gasteiger partial charge on any atom is -0.489 e. The highest BCUT2D eigenvalue weighted by molar-refractivity contribution is 6.39. The summed E-state index contributed by atoms with van der Waals surface area (Å²) < 4.78 is 18.1. The molecule has 0 bridgehead atoms. The van der Waals surface area contributed by atoms with E-state index in [0.717, 1.165) is 60.2 Å². The molecule has 0 N–H and O–H groups in total. The Bertz CT molecular complexity index is 1470. The molecular weight excluding hydrogens is 533 g/mol. The van der Waals surface area contributed by atoms with Gasteiger partial charge in [0.15, 0.2) is 0 Å². The zero-order valence-corrected chi connectivity index (χ0v) is 21.9. The average molecular weight is 555 g/mol. The highest BCUT2D eigenvalue weighted by Crippen LogP contribution is 2.46. The Morgan fingerprint density at radius 3 is 2.51 bits per heavy atom. The second-order valence-electron chi connectivity index (χ2n) is 9.35. The molecule has 5 nitrogen and oxygen atoms in total. The third kappa shape index (κ3) is 4.84. The van der Waals surface area contributed by atoms with Gasteiger partial charge in [-0.15, -0.1) is 0 Å². The van der Waals surface area contributed by atoms with Gasteiger partial charge in [-0.05, 0) is 73.7 Å². The smallest absolute Gasteiger partial charge is 0.150 e. The van der Waals surface area contributed by atoms with Crippen molar-refractivity contribution < 1.29 is 18.8 Å². The van der Waals surface area contributed by atoms with Crippen molar-refractivity contribution in [2.75, 3.05) is 0 Å². The monoisotopic (exact) mass is 553 g/mol. The Morgan fingerprint density at radius 1 is 0.973 bits per heavy atom. The Hall–Kier alpha value is -2.99. The Kier molecular flexibility index (Phi) is 6.62. The molecule has 2 heterocycles. The number of carbonyl (C=O) groups is 1. The van der Waals surface area contributed by atoms with E-state index in [-0.39, 0.29) is 12.7 Å². The molecule has 3 aromatic carbocycles. The Morgan fingerprint density at radius 2 is 1.78 bits per heavy atom. The standard InChI is InChI=1S/C29H22Cl3NO4/c30-22-2-1-3-23(31)27(22)28-21(29(37-33-28)17-5-6-17)15-35-19-8-9-20(24(32)13-19)26-11-7-18-12-16(14-34)4-10-25(18)36-26/h1-4,8-10,12-14,17,26H,5-7,11,15H2. The maximum atomic E-state index is 11.1. The molecule has 1 unspecified atom stereocenters. The number of ether oxygens (including phenoxy) is 2. The summed E-state index contributed by atoms with van der Waals surface area (Å²) in [4.78, 5) is 11.1. The zero-order chi connectivity index (χ0) is 25.5. The highest BCUT2D eigenvalue weighted by atomic mass is 35.5. The molecule has 0 amide bonds. The lowest BCUT2D eigenvalue weighted by Crippen LogP contribution is -2.15. The summed E-state index contributed by atoms with van der Waals surface area (Å²) in [6.07, 6.45) is 4.36. The summed E-state index contributed by atoms with van der Waals surface area (Å²) in [5, 5.41) is 5.90. The number of aldehydes is 1. The normalized spacial score (nSPS) is 16.7. The van der Waals surface area contributed by atoms with Crippen molar-refractivity contribution >= 4 is 41.1 Å². The predicted molar refractivity (Wildman–Crippen MR) is 143 cm³/mol. The summed E-state index contributed by atoms with van der Waals surface area (Å²) in [6, 6.07) is 16.5. The van der Waals surface area contributed by atoms with Crippen LogP contribution in [0.1, 0.15) is 64.1 Å². The molecular formula is C29H22Cl3NO4. The largest absolute Gasteiger partial charge is 0.489 e. The molecule has 0 spiro atoms. The molecule has 4 aromatic rings. The van der Waals surface area contributed by atoms with Gasteiger partial charge in [-0.1, -0.05) is 52.1 Å². The van der Waals surface area contributed by atoms with Crippen molar-refractivity contribution in [2.45, 2.75) is 44.3 Å². The van der Waals surface area contributed by atoms with Crippen LogP contribution in [-0.4, -0.2) is 11.4 Å². The molecule has 1 atom stereocenters. The molecule has 37 heavy (non-hydrogen) atoms. The van der Waals surface area contributed by atoms with Crippen LogP contribution in [0.2, 0.25) is 15.1 Å². The van der Waals surface area contributed by atoms with Gasteiger partial charge in [0.2, 0.25) is 0 Å². The van der Waals surface area contributed by atoms with Crippen LogP contribution >= 0.6 is 34.8 Å². The van der Waals surface area contributed by atoms with Crippen molar-refractivity contribution in [1.82, 2.24) is 5.16 Å². The Balaban J connectivity index is 1.22. The fourth-order valence-corrected chi connectivity index (χ4v) is 5.63. The van der Waals surface area contributed by atoms with Gasteiger partial charge in [0.05, 0.1) is 20.6 Å². The van der Waals surface area contributed by atoms with Crippen LogP contribution in [0, 0.1) is 0 Å². The van der Waals surface area contributed by atoms with Crippen LogP contribution in [0.4, 0.5) is 0 Å². The van der Waals surface area contributed by atoms with Crippen LogP contribution < -0.4 is 9.47 Å². The minimum absolute atomic E-state index is 0.176. The summed E-state index contributed by atoms with van der Waals surface area (Å²) in [5.74, 6) is 2.56. The number of hydrogen-bond donors (Lipinski definition) is 0. The van der Waals surface area contributed by atoms with E-state index in [2.05, 4.69) is 5.16 Å². The lowest BCUT2D eigenvalue weighted by atomic mass is 9.96. The Labute approximate surface area is 229 Å².